The molecule has 0 heterocycles. The predicted octanol–water partition coefficient (Wildman–Crippen LogP) is 7.16. The van der Waals surface area contributed by atoms with E-state index in [-0.39, 0.29) is 17.1 Å². The molecule has 4 aromatic rings. The van der Waals surface area contributed by atoms with Crippen LogP contribution in [0.25, 0.3) is 10.8 Å². The number of benzene rings is 4. The Kier molecular flexibility index (Phi) is 7.02. The minimum atomic E-state index is -0.662. The van der Waals surface area contributed by atoms with Crippen molar-refractivity contribution in [3.8, 4) is 5.75 Å². The monoisotopic (exact) mass is 465 g/mol. The van der Waals surface area contributed by atoms with Crippen LogP contribution < -0.4 is 10.1 Å². The van der Waals surface area contributed by atoms with E-state index in [1.165, 1.54) is 5.56 Å². The lowest BCUT2D eigenvalue weighted by Gasteiger charge is -2.19. The number of ketones is 1. The third-order valence-corrected chi connectivity index (χ3v) is 6.09. The maximum atomic E-state index is 13.1. The highest BCUT2D eigenvalue weighted by atomic mass is 16.5. The maximum absolute atomic E-state index is 13.1. The number of nitrogens with one attached hydrogen (secondary N) is 1. The maximum Gasteiger partial charge on any atom is 0.265 e. The van der Waals surface area contributed by atoms with Gasteiger partial charge in [-0.2, -0.15) is 0 Å². The highest BCUT2D eigenvalue weighted by Gasteiger charge is 2.20. The molecule has 0 saturated carbocycles. The lowest BCUT2D eigenvalue weighted by molar-refractivity contribution is -0.122. The molecule has 0 fully saturated rings. The van der Waals surface area contributed by atoms with E-state index in [0.29, 0.717) is 29.0 Å². The van der Waals surface area contributed by atoms with Crippen molar-refractivity contribution in [3.05, 3.63) is 108 Å². The molecule has 0 unspecified atom stereocenters. The van der Waals surface area contributed by atoms with Gasteiger partial charge in [-0.3, -0.25) is 9.59 Å². The Balaban J connectivity index is 1.49. The van der Waals surface area contributed by atoms with Crippen LogP contribution in [0.3, 0.4) is 0 Å². The Bertz CT molecular complexity index is 1340. The normalized spacial score (nSPS) is 12.2. The first kappa shape index (κ1) is 24.2. The van der Waals surface area contributed by atoms with E-state index in [1.54, 1.807) is 24.3 Å². The van der Waals surface area contributed by atoms with E-state index in [9.17, 15) is 9.59 Å². The van der Waals surface area contributed by atoms with Gasteiger partial charge in [-0.05, 0) is 41.0 Å². The van der Waals surface area contributed by atoms with Crippen LogP contribution in [-0.4, -0.2) is 17.8 Å². The van der Waals surface area contributed by atoms with Gasteiger partial charge >= 0.3 is 0 Å². The fourth-order valence-electron chi connectivity index (χ4n) is 4.02. The summed E-state index contributed by atoms with van der Waals surface area (Å²) in [5.74, 6) is 0.341. The largest absolute Gasteiger partial charge is 0.480 e. The van der Waals surface area contributed by atoms with Crippen molar-refractivity contribution in [1.29, 1.82) is 0 Å². The number of hydrogen-bond acceptors (Lipinski definition) is 3. The molecular formula is C31H31NO3. The van der Waals surface area contributed by atoms with Crippen molar-refractivity contribution in [2.45, 2.75) is 45.6 Å². The van der Waals surface area contributed by atoms with Gasteiger partial charge in [0.1, 0.15) is 5.75 Å². The van der Waals surface area contributed by atoms with Gasteiger partial charge in [0.2, 0.25) is 0 Å². The number of ether oxygens (including phenoxy) is 1. The molecule has 35 heavy (non-hydrogen) atoms. The number of carbonyl (C=O) groups is 2. The number of amides is 1. The number of fused-ring (bicyclic) bond motifs is 1. The zero-order valence-corrected chi connectivity index (χ0v) is 20.7. The van der Waals surface area contributed by atoms with Crippen molar-refractivity contribution < 1.29 is 14.3 Å². The van der Waals surface area contributed by atoms with E-state index in [4.69, 9.17) is 4.74 Å². The molecule has 0 saturated heterocycles. The third kappa shape index (κ3) is 5.60. The summed E-state index contributed by atoms with van der Waals surface area (Å²) in [6, 6.07) is 28.5. The zero-order chi connectivity index (χ0) is 25.0. The highest BCUT2D eigenvalue weighted by Crippen LogP contribution is 2.27. The average Bonchev–Trinajstić information content (AvgIpc) is 2.86. The summed E-state index contributed by atoms with van der Waals surface area (Å²) in [7, 11) is 0. The van der Waals surface area contributed by atoms with Gasteiger partial charge in [0, 0.05) is 22.2 Å². The Morgan fingerprint density at radius 2 is 1.51 bits per heavy atom. The van der Waals surface area contributed by atoms with Gasteiger partial charge in [0.05, 0.1) is 0 Å². The first-order valence-electron chi connectivity index (χ1n) is 12.0. The number of anilines is 1. The topological polar surface area (TPSA) is 55.4 Å². The summed E-state index contributed by atoms with van der Waals surface area (Å²) in [4.78, 5) is 26.1. The van der Waals surface area contributed by atoms with E-state index in [1.807, 2.05) is 73.7 Å². The molecule has 0 aromatic heterocycles. The van der Waals surface area contributed by atoms with Gasteiger partial charge < -0.3 is 10.1 Å². The summed E-state index contributed by atoms with van der Waals surface area (Å²) in [5.41, 5.74) is 2.90. The SMILES string of the molecule is CC[C@H](Oc1cccc2ccccc12)C(=O)Nc1cccc(C(=O)c2ccc(C(C)(C)C)cc2)c1. The van der Waals surface area contributed by atoms with E-state index in [2.05, 4.69) is 26.1 Å². The molecular weight excluding hydrogens is 434 g/mol. The van der Waals surface area contributed by atoms with Gasteiger partial charge in [-0.25, -0.2) is 0 Å². The fourth-order valence-corrected chi connectivity index (χ4v) is 4.02. The molecule has 4 rings (SSSR count). The molecule has 1 amide bonds. The number of hydrogen-bond donors (Lipinski definition) is 1. The third-order valence-electron chi connectivity index (χ3n) is 6.09. The van der Waals surface area contributed by atoms with E-state index >= 15 is 0 Å². The predicted molar refractivity (Wildman–Crippen MR) is 142 cm³/mol. The second-order valence-corrected chi connectivity index (χ2v) is 9.72. The molecule has 0 aliphatic rings. The molecule has 0 bridgehead atoms. The summed E-state index contributed by atoms with van der Waals surface area (Å²) < 4.78 is 6.12. The zero-order valence-electron chi connectivity index (χ0n) is 20.7. The fraction of sp³-hybridized carbons (Fsp3) is 0.226. The minimum absolute atomic E-state index is 0.0235. The molecule has 4 nitrogen and oxygen atoms in total. The standard InChI is InChI=1S/C31H31NO3/c1-5-27(35-28-15-9-11-21-10-6-7-14-26(21)28)30(34)32-25-13-8-12-23(20-25)29(33)22-16-18-24(19-17-22)31(2,3)4/h6-20,27H,5H2,1-4H3,(H,32,34)/t27-/m0/s1. The van der Waals surface area contributed by atoms with Crippen molar-refractivity contribution in [2.24, 2.45) is 0 Å². The molecule has 178 valence electrons. The van der Waals surface area contributed by atoms with Crippen LogP contribution in [0.1, 0.15) is 55.6 Å². The van der Waals surface area contributed by atoms with Crippen LogP contribution in [-0.2, 0) is 10.2 Å². The molecule has 4 heteroatoms. The summed E-state index contributed by atoms with van der Waals surface area (Å²) in [6.07, 6.45) is -0.154. The average molecular weight is 466 g/mol. The van der Waals surface area contributed by atoms with Gasteiger partial charge in [0.25, 0.3) is 5.91 Å². The lowest BCUT2D eigenvalue weighted by atomic mass is 9.86. The lowest BCUT2D eigenvalue weighted by Crippen LogP contribution is -2.32. The molecule has 1 atom stereocenters. The summed E-state index contributed by atoms with van der Waals surface area (Å²) in [5, 5.41) is 4.94. The van der Waals surface area contributed by atoms with Crippen molar-refractivity contribution in [3.63, 3.8) is 0 Å². The summed E-state index contributed by atoms with van der Waals surface area (Å²) >= 11 is 0. The van der Waals surface area contributed by atoms with Crippen molar-refractivity contribution in [1.82, 2.24) is 0 Å². The second-order valence-electron chi connectivity index (χ2n) is 9.72. The van der Waals surface area contributed by atoms with Crippen LogP contribution in [0.15, 0.2) is 91.0 Å². The molecule has 0 aliphatic carbocycles. The quantitative estimate of drug-likeness (QED) is 0.295. The second kappa shape index (κ2) is 10.1. The Morgan fingerprint density at radius 1 is 0.829 bits per heavy atom. The Labute approximate surface area is 206 Å². The number of carbonyl (C=O) groups excluding carboxylic acids is 2. The van der Waals surface area contributed by atoms with Crippen LogP contribution in [0.5, 0.6) is 5.75 Å². The highest BCUT2D eigenvalue weighted by molar-refractivity contribution is 6.09. The van der Waals surface area contributed by atoms with Gasteiger partial charge in [-0.15, -0.1) is 0 Å². The smallest absolute Gasteiger partial charge is 0.265 e. The van der Waals surface area contributed by atoms with Crippen LogP contribution in [0, 0.1) is 0 Å². The van der Waals surface area contributed by atoms with Gasteiger partial charge in [0.15, 0.2) is 11.9 Å². The molecule has 1 N–H and O–H groups in total. The molecule has 4 aromatic carbocycles. The van der Waals surface area contributed by atoms with Crippen molar-refractivity contribution in [2.75, 3.05) is 5.32 Å². The van der Waals surface area contributed by atoms with Gasteiger partial charge in [-0.1, -0.05) is 100 Å². The van der Waals surface area contributed by atoms with E-state index in [0.717, 1.165) is 10.8 Å². The first-order chi connectivity index (χ1) is 16.8. The molecule has 0 aliphatic heterocycles. The van der Waals surface area contributed by atoms with Crippen LogP contribution in [0.2, 0.25) is 0 Å². The Hall–Kier alpha value is -3.92. The van der Waals surface area contributed by atoms with Crippen LogP contribution >= 0.6 is 0 Å². The summed E-state index contributed by atoms with van der Waals surface area (Å²) in [6.45, 7) is 8.34. The van der Waals surface area contributed by atoms with E-state index < -0.39 is 6.10 Å². The molecule has 0 radical (unpaired) electrons. The minimum Gasteiger partial charge on any atom is -0.480 e. The van der Waals surface area contributed by atoms with Crippen molar-refractivity contribution >= 4 is 28.2 Å². The molecule has 0 spiro atoms. The first-order valence-corrected chi connectivity index (χ1v) is 12.0. The Morgan fingerprint density at radius 3 is 2.23 bits per heavy atom. The number of rotatable bonds is 7. The van der Waals surface area contributed by atoms with Crippen LogP contribution in [0.4, 0.5) is 5.69 Å².